The molecule has 0 heterocycles. The third kappa shape index (κ3) is 2.68. The normalized spacial score (nSPS) is 11.6. The van der Waals surface area contributed by atoms with E-state index in [0.717, 1.165) is 6.07 Å². The number of carboxylic acid groups (broad SMARTS) is 1. The van der Waals surface area contributed by atoms with E-state index in [1.807, 2.05) is 0 Å². The molecule has 0 fully saturated rings. The molecule has 5 heteroatoms. The first-order valence-corrected chi connectivity index (χ1v) is 3.77. The molecule has 1 aromatic carbocycles. The van der Waals surface area contributed by atoms with E-state index in [0.29, 0.717) is 11.1 Å². The summed E-state index contributed by atoms with van der Waals surface area (Å²) in [6.45, 7) is 1.69. The number of carbonyl (C=O) groups is 1. The van der Waals surface area contributed by atoms with Crippen molar-refractivity contribution in [3.63, 3.8) is 0 Å². The highest BCUT2D eigenvalue weighted by Crippen LogP contribution is 2.16. The van der Waals surface area contributed by atoms with Gasteiger partial charge in [0.2, 0.25) is 0 Å². The van der Waals surface area contributed by atoms with E-state index in [4.69, 9.17) is 10.8 Å². The van der Waals surface area contributed by atoms with Crippen molar-refractivity contribution < 1.29 is 14.3 Å². The van der Waals surface area contributed by atoms with Crippen molar-refractivity contribution in [3.05, 3.63) is 35.1 Å². The number of nitrogens with two attached hydrogens (primary N) is 1. The fourth-order valence-corrected chi connectivity index (χ4v) is 1.08. The fraction of sp³-hybridized carbons (Fsp3) is 0.222. The minimum atomic E-state index is -1.16. The third-order valence-corrected chi connectivity index (χ3v) is 1.84. The summed E-state index contributed by atoms with van der Waals surface area (Å²) in [5.74, 6) is -1.63. The topological polar surface area (TPSA) is 63.3 Å². The zero-order chi connectivity index (χ0) is 10.0. The quantitative estimate of drug-likeness (QED) is 0.795. The van der Waals surface area contributed by atoms with Gasteiger partial charge in [0.25, 0.3) is 0 Å². The predicted octanol–water partition coefficient (Wildman–Crippen LogP) is 1.64. The lowest BCUT2D eigenvalue weighted by molar-refractivity contribution is -0.138. The standard InChI is InChI=1S/C9H10FNO2.ClH/c1-5-2-3-6(10)4-7(5)8(11)9(12)13;/h2-4,8H,11H2,1H3,(H,12,13);1H/t8-;/m0./s1. The van der Waals surface area contributed by atoms with Crippen LogP contribution >= 0.6 is 12.4 Å². The highest BCUT2D eigenvalue weighted by Gasteiger charge is 2.16. The second kappa shape index (κ2) is 4.93. The molecular weight excluding hydrogens is 209 g/mol. The molecule has 0 bridgehead atoms. The Balaban J connectivity index is 0.00000169. The Morgan fingerprint density at radius 1 is 1.57 bits per heavy atom. The molecule has 3 nitrogen and oxygen atoms in total. The molecule has 0 radical (unpaired) electrons. The Morgan fingerprint density at radius 3 is 2.64 bits per heavy atom. The van der Waals surface area contributed by atoms with Gasteiger partial charge in [-0.3, -0.25) is 4.79 Å². The summed E-state index contributed by atoms with van der Waals surface area (Å²) in [6.07, 6.45) is 0. The molecule has 0 aliphatic carbocycles. The van der Waals surface area contributed by atoms with Crippen LogP contribution in [0.1, 0.15) is 17.2 Å². The molecule has 78 valence electrons. The van der Waals surface area contributed by atoms with Crippen molar-refractivity contribution >= 4 is 18.4 Å². The van der Waals surface area contributed by atoms with Gasteiger partial charge in [0, 0.05) is 0 Å². The van der Waals surface area contributed by atoms with Gasteiger partial charge in [-0.25, -0.2) is 4.39 Å². The maximum absolute atomic E-state index is 12.7. The van der Waals surface area contributed by atoms with Gasteiger partial charge < -0.3 is 10.8 Å². The largest absolute Gasteiger partial charge is 0.480 e. The first kappa shape index (κ1) is 12.9. The van der Waals surface area contributed by atoms with Gasteiger partial charge in [-0.15, -0.1) is 12.4 Å². The van der Waals surface area contributed by atoms with E-state index in [1.54, 1.807) is 6.92 Å². The molecule has 0 aliphatic heterocycles. The number of rotatable bonds is 2. The molecule has 1 rings (SSSR count). The van der Waals surface area contributed by atoms with Crippen LogP contribution in [0.4, 0.5) is 4.39 Å². The van der Waals surface area contributed by atoms with Crippen LogP contribution in [0, 0.1) is 12.7 Å². The van der Waals surface area contributed by atoms with Crippen molar-refractivity contribution in [2.75, 3.05) is 0 Å². The maximum Gasteiger partial charge on any atom is 0.325 e. The molecule has 0 saturated carbocycles. The molecule has 0 unspecified atom stereocenters. The first-order chi connectivity index (χ1) is 6.02. The van der Waals surface area contributed by atoms with Crippen LogP contribution in [0.15, 0.2) is 18.2 Å². The first-order valence-electron chi connectivity index (χ1n) is 3.77. The lowest BCUT2D eigenvalue weighted by Gasteiger charge is -2.09. The van der Waals surface area contributed by atoms with Crippen LogP contribution in [0.25, 0.3) is 0 Å². The highest BCUT2D eigenvalue weighted by molar-refractivity contribution is 5.85. The summed E-state index contributed by atoms with van der Waals surface area (Å²) in [5, 5.41) is 8.60. The Hall–Kier alpha value is -1.13. The maximum atomic E-state index is 12.7. The van der Waals surface area contributed by atoms with Crippen molar-refractivity contribution in [3.8, 4) is 0 Å². The highest BCUT2D eigenvalue weighted by atomic mass is 35.5. The minimum absolute atomic E-state index is 0. The Kier molecular flexibility index (Phi) is 4.53. The van der Waals surface area contributed by atoms with Crippen LogP contribution in [-0.4, -0.2) is 11.1 Å². The summed E-state index contributed by atoms with van der Waals surface area (Å²) in [7, 11) is 0. The molecule has 0 saturated heterocycles. The van der Waals surface area contributed by atoms with E-state index in [-0.39, 0.29) is 12.4 Å². The number of carboxylic acids is 1. The fourth-order valence-electron chi connectivity index (χ4n) is 1.08. The van der Waals surface area contributed by atoms with E-state index < -0.39 is 17.8 Å². The lowest BCUT2D eigenvalue weighted by Crippen LogP contribution is -2.21. The van der Waals surface area contributed by atoms with Gasteiger partial charge in [0.15, 0.2) is 0 Å². The van der Waals surface area contributed by atoms with Crippen LogP contribution in [0.5, 0.6) is 0 Å². The summed E-state index contributed by atoms with van der Waals surface area (Å²) in [4.78, 5) is 10.5. The SMILES string of the molecule is Cc1ccc(F)cc1[C@H](N)C(=O)O.Cl. The zero-order valence-corrected chi connectivity index (χ0v) is 8.34. The monoisotopic (exact) mass is 219 g/mol. The number of halogens is 2. The molecule has 1 atom stereocenters. The van der Waals surface area contributed by atoms with E-state index >= 15 is 0 Å². The molecule has 0 aliphatic rings. The molecular formula is C9H11ClFNO2. The average molecular weight is 220 g/mol. The molecule has 0 spiro atoms. The van der Waals surface area contributed by atoms with E-state index in [2.05, 4.69) is 0 Å². The van der Waals surface area contributed by atoms with Crippen LogP contribution in [0.2, 0.25) is 0 Å². The molecule has 14 heavy (non-hydrogen) atoms. The van der Waals surface area contributed by atoms with Crippen molar-refractivity contribution in [2.24, 2.45) is 5.73 Å². The van der Waals surface area contributed by atoms with Gasteiger partial charge in [0.05, 0.1) is 0 Å². The smallest absolute Gasteiger partial charge is 0.325 e. The Bertz CT molecular complexity index is 344. The predicted molar refractivity (Wildman–Crippen MR) is 52.9 cm³/mol. The second-order valence-electron chi connectivity index (χ2n) is 2.82. The average Bonchev–Trinajstić information content (AvgIpc) is 2.08. The molecule has 0 aromatic heterocycles. The van der Waals surface area contributed by atoms with Gasteiger partial charge in [-0.2, -0.15) is 0 Å². The van der Waals surface area contributed by atoms with Gasteiger partial charge >= 0.3 is 5.97 Å². The zero-order valence-electron chi connectivity index (χ0n) is 7.53. The minimum Gasteiger partial charge on any atom is -0.480 e. The number of hydrogen-bond acceptors (Lipinski definition) is 2. The number of aryl methyl sites for hydroxylation is 1. The van der Waals surface area contributed by atoms with Crippen molar-refractivity contribution in [1.29, 1.82) is 0 Å². The molecule has 3 N–H and O–H groups in total. The summed E-state index contributed by atoms with van der Waals surface area (Å²) < 4.78 is 12.7. The number of hydrogen-bond donors (Lipinski definition) is 2. The Morgan fingerprint density at radius 2 is 2.14 bits per heavy atom. The Labute approximate surface area is 87.1 Å². The van der Waals surface area contributed by atoms with E-state index in [1.165, 1.54) is 12.1 Å². The van der Waals surface area contributed by atoms with Gasteiger partial charge in [-0.05, 0) is 30.2 Å². The van der Waals surface area contributed by atoms with Gasteiger partial charge in [-0.1, -0.05) is 6.07 Å². The summed E-state index contributed by atoms with van der Waals surface area (Å²) in [5.41, 5.74) is 6.33. The van der Waals surface area contributed by atoms with Gasteiger partial charge in [0.1, 0.15) is 11.9 Å². The van der Waals surface area contributed by atoms with Crippen LogP contribution < -0.4 is 5.73 Å². The summed E-state index contributed by atoms with van der Waals surface area (Å²) in [6, 6.07) is 2.77. The molecule has 1 aromatic rings. The third-order valence-electron chi connectivity index (χ3n) is 1.84. The number of aliphatic carboxylic acids is 1. The summed E-state index contributed by atoms with van der Waals surface area (Å²) >= 11 is 0. The number of benzene rings is 1. The van der Waals surface area contributed by atoms with Crippen molar-refractivity contribution in [2.45, 2.75) is 13.0 Å². The second-order valence-corrected chi connectivity index (χ2v) is 2.82. The molecule has 0 amide bonds. The van der Waals surface area contributed by atoms with Crippen LogP contribution in [0.3, 0.4) is 0 Å². The lowest BCUT2D eigenvalue weighted by atomic mass is 10.0. The van der Waals surface area contributed by atoms with E-state index in [9.17, 15) is 9.18 Å². The van der Waals surface area contributed by atoms with Crippen molar-refractivity contribution in [1.82, 2.24) is 0 Å². The van der Waals surface area contributed by atoms with Crippen LogP contribution in [-0.2, 0) is 4.79 Å².